The van der Waals surface area contributed by atoms with Gasteiger partial charge in [-0.25, -0.2) is 0 Å². The van der Waals surface area contributed by atoms with Gasteiger partial charge in [0, 0.05) is 12.0 Å². The first-order valence-corrected chi connectivity index (χ1v) is 7.82. The van der Waals surface area contributed by atoms with Crippen LogP contribution in [0.25, 0.3) is 0 Å². The van der Waals surface area contributed by atoms with Crippen LogP contribution >= 0.6 is 15.9 Å². The Morgan fingerprint density at radius 2 is 2.00 bits per heavy atom. The summed E-state index contributed by atoms with van der Waals surface area (Å²) in [5.41, 5.74) is 5.36. The standard InChI is InChI=1S/C15H19BrN2O3/c1-21-13-7-6-11(9-12(13)16)15(20)18-17-14(19)8-10-4-2-3-5-10/h6-7,9-10H,2-5,8H2,1H3,(H,17,19)(H,18,20). The summed E-state index contributed by atoms with van der Waals surface area (Å²) in [7, 11) is 1.56. The molecule has 0 aromatic heterocycles. The van der Waals surface area contributed by atoms with Gasteiger partial charge in [0.2, 0.25) is 5.91 Å². The first-order valence-electron chi connectivity index (χ1n) is 7.03. The predicted molar refractivity (Wildman–Crippen MR) is 82.9 cm³/mol. The molecule has 6 heteroatoms. The highest BCUT2D eigenvalue weighted by Gasteiger charge is 2.18. The smallest absolute Gasteiger partial charge is 0.269 e. The molecule has 1 aromatic carbocycles. The lowest BCUT2D eigenvalue weighted by atomic mass is 10.0. The van der Waals surface area contributed by atoms with Gasteiger partial charge in [-0.1, -0.05) is 12.8 Å². The molecule has 2 rings (SSSR count). The zero-order valence-corrected chi connectivity index (χ0v) is 13.5. The summed E-state index contributed by atoms with van der Waals surface area (Å²) in [5.74, 6) is 0.620. The third kappa shape index (κ3) is 4.46. The van der Waals surface area contributed by atoms with E-state index in [0.717, 1.165) is 12.8 Å². The summed E-state index contributed by atoms with van der Waals surface area (Å²) in [6.45, 7) is 0. The molecule has 0 saturated heterocycles. The number of nitrogens with one attached hydrogen (secondary N) is 2. The Morgan fingerprint density at radius 1 is 1.29 bits per heavy atom. The van der Waals surface area contributed by atoms with Crippen molar-refractivity contribution in [3.8, 4) is 5.75 Å². The van der Waals surface area contributed by atoms with Crippen LogP contribution in [0.4, 0.5) is 0 Å². The highest BCUT2D eigenvalue weighted by Crippen LogP contribution is 2.27. The molecule has 1 aliphatic rings. The van der Waals surface area contributed by atoms with E-state index in [2.05, 4.69) is 26.8 Å². The Bertz CT molecular complexity index is 528. The molecule has 1 aliphatic carbocycles. The van der Waals surface area contributed by atoms with Crippen molar-refractivity contribution in [2.75, 3.05) is 7.11 Å². The van der Waals surface area contributed by atoms with Crippen molar-refractivity contribution in [3.05, 3.63) is 28.2 Å². The van der Waals surface area contributed by atoms with Gasteiger partial charge in [-0.3, -0.25) is 20.4 Å². The molecule has 0 aliphatic heterocycles. The van der Waals surface area contributed by atoms with Crippen molar-refractivity contribution < 1.29 is 14.3 Å². The highest BCUT2D eigenvalue weighted by atomic mass is 79.9. The lowest BCUT2D eigenvalue weighted by Gasteiger charge is -2.11. The molecule has 0 spiro atoms. The number of ether oxygens (including phenoxy) is 1. The number of hydrogen-bond donors (Lipinski definition) is 2. The van der Waals surface area contributed by atoms with E-state index in [1.54, 1.807) is 25.3 Å². The van der Waals surface area contributed by atoms with Gasteiger partial charge in [-0.2, -0.15) is 0 Å². The maximum absolute atomic E-state index is 12.0. The number of methoxy groups -OCH3 is 1. The van der Waals surface area contributed by atoms with E-state index in [-0.39, 0.29) is 11.8 Å². The van der Waals surface area contributed by atoms with E-state index in [4.69, 9.17) is 4.74 Å². The van der Waals surface area contributed by atoms with Crippen molar-refractivity contribution in [3.63, 3.8) is 0 Å². The number of benzene rings is 1. The average Bonchev–Trinajstić information content (AvgIpc) is 2.97. The highest BCUT2D eigenvalue weighted by molar-refractivity contribution is 9.10. The monoisotopic (exact) mass is 354 g/mol. The first kappa shape index (κ1) is 15.8. The minimum Gasteiger partial charge on any atom is -0.496 e. The summed E-state index contributed by atoms with van der Waals surface area (Å²) in [5, 5.41) is 0. The van der Waals surface area contributed by atoms with E-state index >= 15 is 0 Å². The Hall–Kier alpha value is -1.56. The predicted octanol–water partition coefficient (Wildman–Crippen LogP) is 2.80. The number of amides is 2. The molecule has 0 bridgehead atoms. The molecule has 2 N–H and O–H groups in total. The van der Waals surface area contributed by atoms with Crippen molar-refractivity contribution >= 4 is 27.7 Å². The zero-order chi connectivity index (χ0) is 15.2. The molecule has 0 heterocycles. The zero-order valence-electron chi connectivity index (χ0n) is 11.9. The van der Waals surface area contributed by atoms with Crippen molar-refractivity contribution in [2.24, 2.45) is 5.92 Å². The summed E-state index contributed by atoms with van der Waals surface area (Å²) < 4.78 is 5.79. The molecule has 1 fully saturated rings. The van der Waals surface area contributed by atoms with Gasteiger partial charge in [0.05, 0.1) is 11.6 Å². The number of hydrazine groups is 1. The molecule has 1 aromatic rings. The van der Waals surface area contributed by atoms with Crippen LogP contribution in [0.15, 0.2) is 22.7 Å². The quantitative estimate of drug-likeness (QED) is 0.817. The largest absolute Gasteiger partial charge is 0.496 e. The molecule has 114 valence electrons. The van der Waals surface area contributed by atoms with Crippen molar-refractivity contribution in [2.45, 2.75) is 32.1 Å². The van der Waals surface area contributed by atoms with Gasteiger partial charge in [0.1, 0.15) is 5.75 Å². The summed E-state index contributed by atoms with van der Waals surface area (Å²) in [6, 6.07) is 4.98. The average molecular weight is 355 g/mol. The van der Waals surface area contributed by atoms with Crippen LogP contribution in [0, 0.1) is 5.92 Å². The summed E-state index contributed by atoms with van der Waals surface area (Å²) in [4.78, 5) is 23.7. The molecule has 1 saturated carbocycles. The van der Waals surface area contributed by atoms with Gasteiger partial charge >= 0.3 is 0 Å². The van der Waals surface area contributed by atoms with Crippen molar-refractivity contribution in [1.29, 1.82) is 0 Å². The fourth-order valence-electron chi connectivity index (χ4n) is 2.53. The Balaban J connectivity index is 1.83. The van der Waals surface area contributed by atoms with Crippen LogP contribution in [0.5, 0.6) is 5.75 Å². The van der Waals surface area contributed by atoms with Crippen LogP contribution < -0.4 is 15.6 Å². The van der Waals surface area contributed by atoms with E-state index in [1.807, 2.05) is 0 Å². The number of hydrogen-bond acceptors (Lipinski definition) is 3. The number of rotatable bonds is 4. The second-order valence-electron chi connectivity index (χ2n) is 5.21. The van der Waals surface area contributed by atoms with E-state index in [1.165, 1.54) is 12.8 Å². The third-order valence-electron chi connectivity index (χ3n) is 3.68. The molecule has 2 amide bonds. The summed E-state index contributed by atoms with van der Waals surface area (Å²) in [6.07, 6.45) is 5.08. The number of carbonyl (C=O) groups excluding carboxylic acids is 2. The third-order valence-corrected chi connectivity index (χ3v) is 4.30. The van der Waals surface area contributed by atoms with Gasteiger partial charge < -0.3 is 4.74 Å². The van der Waals surface area contributed by atoms with Gasteiger partial charge in [0.25, 0.3) is 5.91 Å². The second kappa shape index (κ2) is 7.45. The van der Waals surface area contributed by atoms with E-state index in [0.29, 0.717) is 28.1 Å². The maximum Gasteiger partial charge on any atom is 0.269 e. The van der Waals surface area contributed by atoms with Crippen LogP contribution in [-0.4, -0.2) is 18.9 Å². The number of halogens is 1. The van der Waals surface area contributed by atoms with Crippen LogP contribution in [0.3, 0.4) is 0 Å². The van der Waals surface area contributed by atoms with Crippen LogP contribution in [0.2, 0.25) is 0 Å². The Morgan fingerprint density at radius 3 is 2.62 bits per heavy atom. The molecule has 0 unspecified atom stereocenters. The molecule has 0 atom stereocenters. The minimum atomic E-state index is -0.349. The van der Waals surface area contributed by atoms with Crippen molar-refractivity contribution in [1.82, 2.24) is 10.9 Å². The van der Waals surface area contributed by atoms with Gasteiger partial charge in [-0.15, -0.1) is 0 Å². The molecular weight excluding hydrogens is 336 g/mol. The topological polar surface area (TPSA) is 67.4 Å². The normalized spacial score (nSPS) is 14.8. The van der Waals surface area contributed by atoms with E-state index < -0.39 is 0 Å². The molecule has 5 nitrogen and oxygen atoms in total. The Labute approximate surface area is 132 Å². The van der Waals surface area contributed by atoms with Crippen LogP contribution in [0.1, 0.15) is 42.5 Å². The van der Waals surface area contributed by atoms with E-state index in [9.17, 15) is 9.59 Å². The lowest BCUT2D eigenvalue weighted by molar-refractivity contribution is -0.122. The molecule has 0 radical (unpaired) electrons. The molecular formula is C15H19BrN2O3. The Kier molecular flexibility index (Phi) is 5.61. The SMILES string of the molecule is COc1ccc(C(=O)NNC(=O)CC2CCCC2)cc1Br. The summed E-state index contributed by atoms with van der Waals surface area (Å²) >= 11 is 3.32. The van der Waals surface area contributed by atoms with Gasteiger partial charge in [0.15, 0.2) is 0 Å². The second-order valence-corrected chi connectivity index (χ2v) is 6.06. The fourth-order valence-corrected chi connectivity index (χ4v) is 3.07. The maximum atomic E-state index is 12.0. The fraction of sp³-hybridized carbons (Fsp3) is 0.467. The number of carbonyl (C=O) groups is 2. The molecule has 21 heavy (non-hydrogen) atoms. The lowest BCUT2D eigenvalue weighted by Crippen LogP contribution is -2.42. The van der Waals surface area contributed by atoms with Crippen LogP contribution in [-0.2, 0) is 4.79 Å². The van der Waals surface area contributed by atoms with Gasteiger partial charge in [-0.05, 0) is 52.9 Å². The first-order chi connectivity index (χ1) is 10.1. The minimum absolute atomic E-state index is 0.136.